The number of nitrogens with one attached hydrogen (secondary N) is 1. The van der Waals surface area contributed by atoms with Crippen LogP contribution in [0.25, 0.3) is 0 Å². The van der Waals surface area contributed by atoms with Gasteiger partial charge >= 0.3 is 0 Å². The molecule has 3 rings (SSSR count). The molecule has 0 saturated carbocycles. The standard InChI is InChI=1S/C30H34BrClN2O3/c1-4-21(3)33-30(36)27(18-23-9-7-6-8-10-23)34(19-24-11-14-25(32)15-12-24)29(35)20-37-28-16-13-22(5-2)17-26(28)31/h6-17,21,27H,4-5,18-20H2,1-3H3,(H,33,36). The summed E-state index contributed by atoms with van der Waals surface area (Å²) in [6.45, 7) is 6.12. The summed E-state index contributed by atoms with van der Waals surface area (Å²) in [5.41, 5.74) is 3.01. The van der Waals surface area contributed by atoms with Gasteiger partial charge in [0.2, 0.25) is 5.91 Å². The van der Waals surface area contributed by atoms with Gasteiger partial charge in [-0.1, -0.05) is 74.0 Å². The van der Waals surface area contributed by atoms with Crippen LogP contribution in [0.3, 0.4) is 0 Å². The number of aryl methyl sites for hydroxylation is 1. The number of halogens is 2. The topological polar surface area (TPSA) is 58.6 Å². The van der Waals surface area contributed by atoms with Gasteiger partial charge in [0.05, 0.1) is 4.47 Å². The lowest BCUT2D eigenvalue weighted by Crippen LogP contribution is -2.53. The van der Waals surface area contributed by atoms with Crippen LogP contribution in [0.4, 0.5) is 0 Å². The van der Waals surface area contributed by atoms with Crippen LogP contribution in [0.15, 0.2) is 77.3 Å². The van der Waals surface area contributed by atoms with E-state index in [4.69, 9.17) is 16.3 Å². The number of amides is 2. The Morgan fingerprint density at radius 3 is 2.27 bits per heavy atom. The highest BCUT2D eigenvalue weighted by Gasteiger charge is 2.31. The van der Waals surface area contributed by atoms with Crippen molar-refractivity contribution in [3.05, 3.63) is 99.0 Å². The van der Waals surface area contributed by atoms with Crippen molar-refractivity contribution in [2.45, 2.75) is 58.7 Å². The molecule has 0 aromatic heterocycles. The second kappa shape index (κ2) is 14.2. The third kappa shape index (κ3) is 8.61. The van der Waals surface area contributed by atoms with E-state index in [0.29, 0.717) is 17.2 Å². The van der Waals surface area contributed by atoms with Gasteiger partial charge in [-0.3, -0.25) is 9.59 Å². The number of rotatable bonds is 12. The van der Waals surface area contributed by atoms with Crippen molar-refractivity contribution < 1.29 is 14.3 Å². The first-order valence-corrected chi connectivity index (χ1v) is 13.8. The van der Waals surface area contributed by atoms with E-state index in [1.165, 1.54) is 5.56 Å². The fraction of sp³-hybridized carbons (Fsp3) is 0.333. The highest BCUT2D eigenvalue weighted by Crippen LogP contribution is 2.26. The van der Waals surface area contributed by atoms with Crippen LogP contribution in [0, 0.1) is 0 Å². The van der Waals surface area contributed by atoms with Crippen LogP contribution in [0.1, 0.15) is 43.9 Å². The van der Waals surface area contributed by atoms with Gasteiger partial charge in [-0.2, -0.15) is 0 Å². The molecule has 0 bridgehead atoms. The molecule has 3 aromatic carbocycles. The van der Waals surface area contributed by atoms with Crippen LogP contribution in [0.5, 0.6) is 5.75 Å². The molecular weight excluding hydrogens is 552 g/mol. The van der Waals surface area contributed by atoms with Gasteiger partial charge in [-0.25, -0.2) is 0 Å². The highest BCUT2D eigenvalue weighted by atomic mass is 79.9. The van der Waals surface area contributed by atoms with E-state index >= 15 is 0 Å². The zero-order valence-electron chi connectivity index (χ0n) is 21.5. The molecule has 3 aromatic rings. The van der Waals surface area contributed by atoms with E-state index in [0.717, 1.165) is 28.4 Å². The minimum atomic E-state index is -0.714. The molecule has 0 saturated heterocycles. The number of ether oxygens (including phenoxy) is 1. The van der Waals surface area contributed by atoms with E-state index in [-0.39, 0.29) is 31.0 Å². The number of hydrogen-bond acceptors (Lipinski definition) is 3. The molecule has 0 spiro atoms. The second-order valence-electron chi connectivity index (χ2n) is 9.08. The van der Waals surface area contributed by atoms with E-state index < -0.39 is 6.04 Å². The third-order valence-electron chi connectivity index (χ3n) is 6.29. The normalized spacial score (nSPS) is 12.5. The lowest BCUT2D eigenvalue weighted by molar-refractivity contribution is -0.143. The fourth-order valence-electron chi connectivity index (χ4n) is 3.89. The van der Waals surface area contributed by atoms with Crippen LogP contribution < -0.4 is 10.1 Å². The van der Waals surface area contributed by atoms with Crippen LogP contribution in [-0.4, -0.2) is 35.4 Å². The molecule has 37 heavy (non-hydrogen) atoms. The number of carbonyl (C=O) groups excluding carboxylic acids is 2. The molecule has 196 valence electrons. The molecule has 5 nitrogen and oxygen atoms in total. The van der Waals surface area contributed by atoms with Gasteiger partial charge in [0.15, 0.2) is 6.61 Å². The van der Waals surface area contributed by atoms with Gasteiger partial charge in [0.1, 0.15) is 11.8 Å². The Labute approximate surface area is 233 Å². The quantitative estimate of drug-likeness (QED) is 0.261. The van der Waals surface area contributed by atoms with Crippen molar-refractivity contribution in [1.29, 1.82) is 0 Å². The molecule has 0 aliphatic heterocycles. The monoisotopic (exact) mass is 584 g/mol. The van der Waals surface area contributed by atoms with E-state index in [9.17, 15) is 9.59 Å². The molecular formula is C30H34BrClN2O3. The summed E-state index contributed by atoms with van der Waals surface area (Å²) in [4.78, 5) is 28.8. The maximum Gasteiger partial charge on any atom is 0.261 e. The molecule has 1 N–H and O–H groups in total. The minimum Gasteiger partial charge on any atom is -0.483 e. The smallest absolute Gasteiger partial charge is 0.261 e. The van der Waals surface area contributed by atoms with Crippen molar-refractivity contribution >= 4 is 39.3 Å². The maximum atomic E-state index is 13.7. The van der Waals surface area contributed by atoms with Gasteiger partial charge < -0.3 is 15.0 Å². The van der Waals surface area contributed by atoms with Crippen LogP contribution >= 0.6 is 27.5 Å². The molecule has 0 fully saturated rings. The van der Waals surface area contributed by atoms with Crippen molar-refractivity contribution in [3.8, 4) is 5.75 Å². The summed E-state index contributed by atoms with van der Waals surface area (Å²) < 4.78 is 6.72. The molecule has 2 unspecified atom stereocenters. The van der Waals surface area contributed by atoms with E-state index in [1.807, 2.05) is 74.5 Å². The van der Waals surface area contributed by atoms with Gasteiger partial charge in [-0.15, -0.1) is 0 Å². The summed E-state index contributed by atoms with van der Waals surface area (Å²) in [6.07, 6.45) is 2.08. The first kappa shape index (κ1) is 28.7. The number of nitrogens with zero attached hydrogens (tertiary/aromatic N) is 1. The van der Waals surface area contributed by atoms with Crippen molar-refractivity contribution in [3.63, 3.8) is 0 Å². The van der Waals surface area contributed by atoms with E-state index in [2.05, 4.69) is 28.2 Å². The Morgan fingerprint density at radius 2 is 1.65 bits per heavy atom. The predicted molar refractivity (Wildman–Crippen MR) is 153 cm³/mol. The third-order valence-corrected chi connectivity index (χ3v) is 7.17. The van der Waals surface area contributed by atoms with Gasteiger partial charge in [0, 0.05) is 24.0 Å². The summed E-state index contributed by atoms with van der Waals surface area (Å²) in [5.74, 6) is 0.122. The Morgan fingerprint density at radius 1 is 0.973 bits per heavy atom. The first-order chi connectivity index (χ1) is 17.8. The van der Waals surface area contributed by atoms with E-state index in [1.54, 1.807) is 17.0 Å². The largest absolute Gasteiger partial charge is 0.483 e. The van der Waals surface area contributed by atoms with Crippen LogP contribution in [-0.2, 0) is 29.0 Å². The summed E-state index contributed by atoms with van der Waals surface area (Å²) in [6, 6.07) is 22.2. The maximum absolute atomic E-state index is 13.7. The lowest BCUT2D eigenvalue weighted by Gasteiger charge is -2.32. The number of benzene rings is 3. The second-order valence-corrected chi connectivity index (χ2v) is 10.4. The summed E-state index contributed by atoms with van der Waals surface area (Å²) >= 11 is 9.63. The minimum absolute atomic E-state index is 0.0115. The molecule has 2 amide bonds. The van der Waals surface area contributed by atoms with Crippen molar-refractivity contribution in [1.82, 2.24) is 10.2 Å². The summed E-state index contributed by atoms with van der Waals surface area (Å²) in [5, 5.41) is 3.69. The Hall–Kier alpha value is -2.83. The zero-order valence-corrected chi connectivity index (χ0v) is 23.9. The Bertz CT molecular complexity index is 1170. The molecule has 0 radical (unpaired) electrons. The highest BCUT2D eigenvalue weighted by molar-refractivity contribution is 9.10. The molecule has 0 aliphatic rings. The molecule has 7 heteroatoms. The first-order valence-electron chi connectivity index (χ1n) is 12.6. The summed E-state index contributed by atoms with van der Waals surface area (Å²) in [7, 11) is 0. The molecule has 0 heterocycles. The number of hydrogen-bond donors (Lipinski definition) is 1. The molecule has 0 aliphatic carbocycles. The average Bonchev–Trinajstić information content (AvgIpc) is 2.91. The lowest BCUT2D eigenvalue weighted by atomic mass is 10.0. The fourth-order valence-corrected chi connectivity index (χ4v) is 4.55. The average molecular weight is 586 g/mol. The predicted octanol–water partition coefficient (Wildman–Crippen LogP) is 6.60. The zero-order chi connectivity index (χ0) is 26.8. The Kier molecular flexibility index (Phi) is 11.0. The SMILES string of the molecule is CCc1ccc(OCC(=O)N(Cc2ccc(Cl)cc2)C(Cc2ccccc2)C(=O)NC(C)CC)c(Br)c1. The van der Waals surface area contributed by atoms with Gasteiger partial charge in [-0.05, 0) is 76.7 Å². The Balaban J connectivity index is 1.91. The van der Waals surface area contributed by atoms with Crippen molar-refractivity contribution in [2.24, 2.45) is 0 Å². The van der Waals surface area contributed by atoms with Crippen LogP contribution in [0.2, 0.25) is 5.02 Å². The van der Waals surface area contributed by atoms with Gasteiger partial charge in [0.25, 0.3) is 5.91 Å². The number of carbonyl (C=O) groups is 2. The van der Waals surface area contributed by atoms with Crippen molar-refractivity contribution in [2.75, 3.05) is 6.61 Å². The molecule has 2 atom stereocenters.